The molecule has 0 saturated carbocycles. The molecule has 1 rings (SSSR count). The summed E-state index contributed by atoms with van der Waals surface area (Å²) in [7, 11) is 2.21. The van der Waals surface area contributed by atoms with Crippen LogP contribution in [0, 0.1) is 5.92 Å². The molecule has 1 fully saturated rings. The first-order valence-corrected chi connectivity index (χ1v) is 3.73. The van der Waals surface area contributed by atoms with Gasteiger partial charge in [0.25, 0.3) is 0 Å². The molecule has 1 heterocycles. The van der Waals surface area contributed by atoms with E-state index in [0.29, 0.717) is 5.54 Å². The minimum atomic E-state index is 0.458. The van der Waals surface area contributed by atoms with Crippen LogP contribution in [0.4, 0.5) is 0 Å². The number of hydrogen-bond donors (Lipinski definition) is 0. The molecule has 1 aliphatic rings. The molecule has 0 aliphatic carbocycles. The van der Waals surface area contributed by atoms with E-state index in [9.17, 15) is 0 Å². The molecular formula is C8H17N. The lowest BCUT2D eigenvalue weighted by atomic mass is 9.98. The summed E-state index contributed by atoms with van der Waals surface area (Å²) in [5, 5.41) is 0. The van der Waals surface area contributed by atoms with E-state index in [4.69, 9.17) is 0 Å². The maximum Gasteiger partial charge on any atom is 0.0153 e. The minimum Gasteiger partial charge on any atom is -0.301 e. The summed E-state index contributed by atoms with van der Waals surface area (Å²) < 4.78 is 0. The summed E-state index contributed by atoms with van der Waals surface area (Å²) in [5.41, 5.74) is 0.458. The van der Waals surface area contributed by atoms with Gasteiger partial charge in [0.05, 0.1) is 0 Å². The van der Waals surface area contributed by atoms with Gasteiger partial charge in [-0.05, 0) is 33.2 Å². The Balaban J connectivity index is 2.58. The van der Waals surface area contributed by atoms with E-state index in [1.165, 1.54) is 13.0 Å². The van der Waals surface area contributed by atoms with E-state index in [0.717, 1.165) is 5.92 Å². The topological polar surface area (TPSA) is 3.24 Å². The lowest BCUT2D eigenvalue weighted by Crippen LogP contribution is -2.34. The molecular weight excluding hydrogens is 110 g/mol. The van der Waals surface area contributed by atoms with E-state index in [-0.39, 0.29) is 0 Å². The number of hydrogen-bond acceptors (Lipinski definition) is 1. The molecule has 0 aromatic carbocycles. The van der Waals surface area contributed by atoms with Crippen molar-refractivity contribution in [3.05, 3.63) is 0 Å². The van der Waals surface area contributed by atoms with Crippen LogP contribution in [0.15, 0.2) is 0 Å². The van der Waals surface area contributed by atoms with Gasteiger partial charge in [-0.15, -0.1) is 0 Å². The summed E-state index contributed by atoms with van der Waals surface area (Å²) in [6.45, 7) is 8.23. The second-order valence-electron chi connectivity index (χ2n) is 4.00. The fourth-order valence-electron chi connectivity index (χ4n) is 1.79. The summed E-state index contributed by atoms with van der Waals surface area (Å²) >= 11 is 0. The standard InChI is InChI=1S/C8H17N/c1-7-5-8(2,3)9(4)6-7/h7H,5-6H2,1-4H3/t7-/m1/s1. The highest BCUT2D eigenvalue weighted by Gasteiger charge is 2.32. The molecule has 0 amide bonds. The molecule has 1 aliphatic heterocycles. The second kappa shape index (κ2) is 1.98. The van der Waals surface area contributed by atoms with Gasteiger partial charge in [-0.3, -0.25) is 0 Å². The first-order chi connectivity index (χ1) is 4.02. The Hall–Kier alpha value is -0.0400. The zero-order chi connectivity index (χ0) is 7.07. The van der Waals surface area contributed by atoms with Crippen LogP contribution < -0.4 is 0 Å². The second-order valence-corrected chi connectivity index (χ2v) is 4.00. The third-order valence-corrected chi connectivity index (χ3v) is 2.47. The van der Waals surface area contributed by atoms with Gasteiger partial charge in [-0.1, -0.05) is 6.92 Å². The van der Waals surface area contributed by atoms with E-state index in [1.807, 2.05) is 0 Å². The van der Waals surface area contributed by atoms with Crippen molar-refractivity contribution in [2.75, 3.05) is 13.6 Å². The maximum absolute atomic E-state index is 2.44. The number of nitrogens with zero attached hydrogens (tertiary/aromatic N) is 1. The molecule has 0 unspecified atom stereocenters. The zero-order valence-electron chi connectivity index (χ0n) is 6.94. The maximum atomic E-state index is 2.44. The van der Waals surface area contributed by atoms with E-state index < -0.39 is 0 Å². The third-order valence-electron chi connectivity index (χ3n) is 2.47. The fraction of sp³-hybridized carbons (Fsp3) is 1.00. The van der Waals surface area contributed by atoms with Gasteiger partial charge in [-0.2, -0.15) is 0 Å². The van der Waals surface area contributed by atoms with Gasteiger partial charge >= 0.3 is 0 Å². The summed E-state index contributed by atoms with van der Waals surface area (Å²) in [5.74, 6) is 0.894. The van der Waals surface area contributed by atoms with Gasteiger partial charge in [0.2, 0.25) is 0 Å². The van der Waals surface area contributed by atoms with Crippen molar-refractivity contribution in [2.24, 2.45) is 5.92 Å². The summed E-state index contributed by atoms with van der Waals surface area (Å²) in [6.07, 6.45) is 1.35. The zero-order valence-corrected chi connectivity index (χ0v) is 6.94. The highest BCUT2D eigenvalue weighted by atomic mass is 15.2. The van der Waals surface area contributed by atoms with Crippen LogP contribution >= 0.6 is 0 Å². The van der Waals surface area contributed by atoms with Gasteiger partial charge < -0.3 is 4.90 Å². The molecule has 1 atom stereocenters. The molecule has 0 N–H and O–H groups in total. The Labute approximate surface area is 58.0 Å². The fourth-order valence-corrected chi connectivity index (χ4v) is 1.79. The third kappa shape index (κ3) is 1.26. The molecule has 1 heteroatoms. The lowest BCUT2D eigenvalue weighted by Gasteiger charge is -2.26. The van der Waals surface area contributed by atoms with Crippen LogP contribution in [0.2, 0.25) is 0 Å². The molecule has 1 nitrogen and oxygen atoms in total. The van der Waals surface area contributed by atoms with Crippen molar-refractivity contribution in [3.63, 3.8) is 0 Å². The van der Waals surface area contributed by atoms with Crippen molar-refractivity contribution in [1.82, 2.24) is 4.90 Å². The summed E-state index contributed by atoms with van der Waals surface area (Å²) in [6, 6.07) is 0. The number of likely N-dealkylation sites (tertiary alicyclic amines) is 1. The Kier molecular flexibility index (Phi) is 1.55. The Morgan fingerprint density at radius 3 is 2.11 bits per heavy atom. The number of rotatable bonds is 0. The molecule has 9 heavy (non-hydrogen) atoms. The minimum absolute atomic E-state index is 0.458. The molecule has 0 aromatic heterocycles. The van der Waals surface area contributed by atoms with Gasteiger partial charge in [-0.25, -0.2) is 0 Å². The SMILES string of the molecule is C[C@H]1CN(C)C(C)(C)C1. The average molecular weight is 127 g/mol. The highest BCUT2D eigenvalue weighted by molar-refractivity contribution is 4.88. The van der Waals surface area contributed by atoms with Crippen LogP contribution in [0.3, 0.4) is 0 Å². The van der Waals surface area contributed by atoms with Crippen molar-refractivity contribution in [3.8, 4) is 0 Å². The van der Waals surface area contributed by atoms with E-state index in [1.54, 1.807) is 0 Å². The van der Waals surface area contributed by atoms with Gasteiger partial charge in [0, 0.05) is 12.1 Å². The van der Waals surface area contributed by atoms with Crippen molar-refractivity contribution in [2.45, 2.75) is 32.7 Å². The average Bonchev–Trinajstić information content (AvgIpc) is 1.79. The van der Waals surface area contributed by atoms with Crippen LogP contribution in [-0.2, 0) is 0 Å². The Morgan fingerprint density at radius 1 is 1.44 bits per heavy atom. The van der Waals surface area contributed by atoms with Crippen LogP contribution in [-0.4, -0.2) is 24.0 Å². The molecule has 0 bridgehead atoms. The normalized spacial score (nSPS) is 35.3. The smallest absolute Gasteiger partial charge is 0.0153 e. The van der Waals surface area contributed by atoms with Gasteiger partial charge in [0.15, 0.2) is 0 Å². The molecule has 1 saturated heterocycles. The van der Waals surface area contributed by atoms with Crippen molar-refractivity contribution < 1.29 is 0 Å². The van der Waals surface area contributed by atoms with E-state index >= 15 is 0 Å². The molecule has 54 valence electrons. The first kappa shape index (κ1) is 7.07. The van der Waals surface area contributed by atoms with Gasteiger partial charge in [0.1, 0.15) is 0 Å². The molecule has 0 aromatic rings. The predicted molar refractivity (Wildman–Crippen MR) is 40.5 cm³/mol. The van der Waals surface area contributed by atoms with Crippen molar-refractivity contribution in [1.29, 1.82) is 0 Å². The Bertz CT molecular complexity index is 107. The Morgan fingerprint density at radius 2 is 2.00 bits per heavy atom. The monoisotopic (exact) mass is 127 g/mol. The van der Waals surface area contributed by atoms with Crippen LogP contribution in [0.5, 0.6) is 0 Å². The van der Waals surface area contributed by atoms with Crippen LogP contribution in [0.25, 0.3) is 0 Å². The molecule has 0 spiro atoms. The molecule has 0 radical (unpaired) electrons. The predicted octanol–water partition coefficient (Wildman–Crippen LogP) is 1.74. The largest absolute Gasteiger partial charge is 0.301 e. The summed E-state index contributed by atoms with van der Waals surface area (Å²) in [4.78, 5) is 2.44. The highest BCUT2D eigenvalue weighted by Crippen LogP contribution is 2.30. The van der Waals surface area contributed by atoms with Crippen LogP contribution in [0.1, 0.15) is 27.2 Å². The first-order valence-electron chi connectivity index (χ1n) is 3.73. The van der Waals surface area contributed by atoms with E-state index in [2.05, 4.69) is 32.7 Å². The lowest BCUT2D eigenvalue weighted by molar-refractivity contribution is 0.218. The quantitative estimate of drug-likeness (QED) is 0.479. The van der Waals surface area contributed by atoms with Crippen molar-refractivity contribution >= 4 is 0 Å².